The molecule has 72 valence electrons. The van der Waals surface area contributed by atoms with Crippen LogP contribution in [0.25, 0.3) is 0 Å². The molecule has 0 amide bonds. The number of aromatic nitrogens is 2. The number of rotatable bonds is 3. The van der Waals surface area contributed by atoms with E-state index < -0.39 is 0 Å². The first-order valence-electron chi connectivity index (χ1n) is 4.83. The third kappa shape index (κ3) is 1.60. The first-order valence-corrected chi connectivity index (χ1v) is 5.36. The van der Waals surface area contributed by atoms with Crippen LogP contribution in [0.3, 0.4) is 0 Å². The summed E-state index contributed by atoms with van der Waals surface area (Å²) in [6, 6.07) is 0.553. The van der Waals surface area contributed by atoms with Crippen molar-refractivity contribution in [2.75, 3.05) is 0 Å². The highest BCUT2D eigenvalue weighted by Gasteiger charge is 2.30. The zero-order valence-electron chi connectivity index (χ0n) is 8.13. The van der Waals surface area contributed by atoms with E-state index >= 15 is 0 Å². The quantitative estimate of drug-likeness (QED) is 0.683. The van der Waals surface area contributed by atoms with Gasteiger partial charge in [0.15, 0.2) is 0 Å². The van der Waals surface area contributed by atoms with E-state index in [9.17, 15) is 0 Å². The molecule has 1 aromatic heterocycles. The summed E-state index contributed by atoms with van der Waals surface area (Å²) in [5, 5.41) is 4.38. The Kier molecular flexibility index (Phi) is 2.33. The van der Waals surface area contributed by atoms with Gasteiger partial charge >= 0.3 is 0 Å². The maximum Gasteiger partial charge on any atom is 0.0536 e. The molecule has 1 fully saturated rings. The molecule has 0 N–H and O–H groups in total. The molecule has 1 aromatic rings. The van der Waals surface area contributed by atoms with Gasteiger partial charge in [-0.1, -0.05) is 0 Å². The molecule has 0 spiro atoms. The van der Waals surface area contributed by atoms with Crippen molar-refractivity contribution in [2.45, 2.75) is 38.6 Å². The van der Waals surface area contributed by atoms with Crippen molar-refractivity contribution < 1.29 is 0 Å². The summed E-state index contributed by atoms with van der Waals surface area (Å²) in [4.78, 5) is 0. The molecule has 2 rings (SSSR count). The highest BCUT2D eigenvalue weighted by molar-refractivity contribution is 6.17. The highest BCUT2D eigenvalue weighted by atomic mass is 35.5. The summed E-state index contributed by atoms with van der Waals surface area (Å²) >= 11 is 5.79. The van der Waals surface area contributed by atoms with Crippen LogP contribution in [-0.4, -0.2) is 9.78 Å². The summed E-state index contributed by atoms with van der Waals surface area (Å²) in [6.45, 7) is 4.35. The Morgan fingerprint density at radius 1 is 1.69 bits per heavy atom. The molecule has 0 bridgehead atoms. The maximum absolute atomic E-state index is 5.79. The van der Waals surface area contributed by atoms with Crippen LogP contribution in [-0.2, 0) is 5.88 Å². The van der Waals surface area contributed by atoms with E-state index in [0.29, 0.717) is 11.9 Å². The van der Waals surface area contributed by atoms with Crippen LogP contribution in [0.15, 0.2) is 6.20 Å². The Hall–Kier alpha value is -0.500. The molecule has 2 nitrogen and oxygen atoms in total. The van der Waals surface area contributed by atoms with Gasteiger partial charge in [0.25, 0.3) is 0 Å². The predicted molar refractivity (Wildman–Crippen MR) is 54.0 cm³/mol. The second kappa shape index (κ2) is 3.33. The lowest BCUT2D eigenvalue weighted by atomic mass is 10.2. The van der Waals surface area contributed by atoms with Gasteiger partial charge in [-0.15, -0.1) is 11.6 Å². The lowest BCUT2D eigenvalue weighted by molar-refractivity contribution is 0.431. The lowest BCUT2D eigenvalue weighted by Gasteiger charge is -2.13. The van der Waals surface area contributed by atoms with Crippen LogP contribution in [0.5, 0.6) is 0 Å². The standard InChI is InChI=1S/C10H15ClN2/c1-7(9-3-4-9)13-8(2)10(5-11)6-12-13/h6-7,9H,3-5H2,1-2H3. The number of nitrogens with zero attached hydrogens (tertiary/aromatic N) is 2. The summed E-state index contributed by atoms with van der Waals surface area (Å²) < 4.78 is 2.12. The first-order chi connectivity index (χ1) is 6.24. The zero-order valence-corrected chi connectivity index (χ0v) is 8.88. The first kappa shape index (κ1) is 9.07. The third-order valence-electron chi connectivity index (χ3n) is 2.98. The lowest BCUT2D eigenvalue weighted by Crippen LogP contribution is -2.10. The van der Waals surface area contributed by atoms with Crippen LogP contribution < -0.4 is 0 Å². The van der Waals surface area contributed by atoms with Gasteiger partial charge in [0.2, 0.25) is 0 Å². The van der Waals surface area contributed by atoms with E-state index in [1.165, 1.54) is 18.5 Å². The topological polar surface area (TPSA) is 17.8 Å². The Balaban J connectivity index is 2.23. The Labute approximate surface area is 83.9 Å². The van der Waals surface area contributed by atoms with Gasteiger partial charge in [-0.25, -0.2) is 0 Å². The molecule has 1 unspecified atom stereocenters. The number of halogens is 1. The summed E-state index contributed by atoms with van der Waals surface area (Å²) in [6.07, 6.45) is 4.61. The van der Waals surface area contributed by atoms with Gasteiger partial charge in [0, 0.05) is 11.3 Å². The summed E-state index contributed by atoms with van der Waals surface area (Å²) in [7, 11) is 0. The van der Waals surface area contributed by atoms with E-state index in [1.54, 1.807) is 0 Å². The van der Waals surface area contributed by atoms with E-state index in [4.69, 9.17) is 11.6 Å². The third-order valence-corrected chi connectivity index (χ3v) is 3.27. The van der Waals surface area contributed by atoms with Gasteiger partial charge in [0.1, 0.15) is 0 Å². The van der Waals surface area contributed by atoms with Crippen LogP contribution >= 0.6 is 11.6 Å². The van der Waals surface area contributed by atoms with E-state index in [-0.39, 0.29) is 0 Å². The van der Waals surface area contributed by atoms with Crippen molar-refractivity contribution in [1.82, 2.24) is 9.78 Å². The summed E-state index contributed by atoms with van der Waals surface area (Å²) in [5.74, 6) is 1.42. The SMILES string of the molecule is Cc1c(CCl)cnn1C(C)C1CC1. The van der Waals surface area contributed by atoms with Crippen molar-refractivity contribution in [3.63, 3.8) is 0 Å². The van der Waals surface area contributed by atoms with Gasteiger partial charge < -0.3 is 0 Å². The smallest absolute Gasteiger partial charge is 0.0536 e. The van der Waals surface area contributed by atoms with Crippen molar-refractivity contribution in [1.29, 1.82) is 0 Å². The van der Waals surface area contributed by atoms with E-state index in [0.717, 1.165) is 11.5 Å². The predicted octanol–water partition coefficient (Wildman–Crippen LogP) is 2.90. The number of hydrogen-bond acceptors (Lipinski definition) is 1. The maximum atomic E-state index is 5.79. The molecule has 13 heavy (non-hydrogen) atoms. The Morgan fingerprint density at radius 2 is 2.38 bits per heavy atom. The molecule has 1 aliphatic rings. The van der Waals surface area contributed by atoms with Gasteiger partial charge in [-0.05, 0) is 32.6 Å². The minimum absolute atomic E-state index is 0.553. The molecular weight excluding hydrogens is 184 g/mol. The normalized spacial score (nSPS) is 19.0. The molecule has 0 radical (unpaired) electrons. The van der Waals surface area contributed by atoms with Gasteiger partial charge in [-0.2, -0.15) is 5.10 Å². The van der Waals surface area contributed by atoms with Crippen LogP contribution in [0, 0.1) is 12.8 Å². The second-order valence-corrected chi connectivity index (χ2v) is 4.18. The molecule has 1 atom stereocenters. The molecule has 1 saturated carbocycles. The van der Waals surface area contributed by atoms with Gasteiger partial charge in [-0.3, -0.25) is 4.68 Å². The van der Waals surface area contributed by atoms with E-state index in [2.05, 4.69) is 23.6 Å². The molecule has 0 aliphatic heterocycles. The minimum atomic E-state index is 0.553. The molecule has 0 aromatic carbocycles. The molecule has 3 heteroatoms. The minimum Gasteiger partial charge on any atom is -0.267 e. The second-order valence-electron chi connectivity index (χ2n) is 3.91. The highest BCUT2D eigenvalue weighted by Crippen LogP contribution is 2.39. The van der Waals surface area contributed by atoms with Crippen molar-refractivity contribution >= 4 is 11.6 Å². The Bertz CT molecular complexity index is 302. The van der Waals surface area contributed by atoms with Crippen molar-refractivity contribution in [3.05, 3.63) is 17.5 Å². The monoisotopic (exact) mass is 198 g/mol. The molecule has 0 saturated heterocycles. The van der Waals surface area contributed by atoms with Crippen molar-refractivity contribution in [2.24, 2.45) is 5.92 Å². The average molecular weight is 199 g/mol. The average Bonchev–Trinajstić information content (AvgIpc) is 2.89. The largest absolute Gasteiger partial charge is 0.267 e. The van der Waals surface area contributed by atoms with Gasteiger partial charge in [0.05, 0.1) is 18.1 Å². The number of hydrogen-bond donors (Lipinski definition) is 0. The molecular formula is C10H15ClN2. The molecule has 1 heterocycles. The van der Waals surface area contributed by atoms with Crippen LogP contribution in [0.2, 0.25) is 0 Å². The fourth-order valence-corrected chi connectivity index (χ4v) is 2.04. The zero-order chi connectivity index (χ0) is 9.42. The number of alkyl halides is 1. The van der Waals surface area contributed by atoms with Crippen LogP contribution in [0.1, 0.15) is 37.1 Å². The fourth-order valence-electron chi connectivity index (χ4n) is 1.78. The fraction of sp³-hybridized carbons (Fsp3) is 0.700. The Morgan fingerprint density at radius 3 is 2.85 bits per heavy atom. The van der Waals surface area contributed by atoms with Crippen LogP contribution in [0.4, 0.5) is 0 Å². The summed E-state index contributed by atoms with van der Waals surface area (Å²) in [5.41, 5.74) is 2.39. The van der Waals surface area contributed by atoms with Crippen molar-refractivity contribution in [3.8, 4) is 0 Å². The molecule has 1 aliphatic carbocycles. The van der Waals surface area contributed by atoms with E-state index in [1.807, 2.05) is 6.20 Å².